The van der Waals surface area contributed by atoms with Crippen LogP contribution in [0.15, 0.2) is 17.0 Å². The van der Waals surface area contributed by atoms with Crippen LogP contribution in [0.2, 0.25) is 0 Å². The van der Waals surface area contributed by atoms with E-state index >= 15 is 0 Å². The van der Waals surface area contributed by atoms with E-state index in [-0.39, 0.29) is 9.64 Å². The molecule has 0 aliphatic heterocycles. The number of aryl methyl sites for hydroxylation is 2. The minimum absolute atomic E-state index is 0.0710. The maximum absolute atomic E-state index is 12.4. The molecule has 6 heteroatoms. The van der Waals surface area contributed by atoms with Crippen LogP contribution in [0.1, 0.15) is 30.4 Å². The van der Waals surface area contributed by atoms with Crippen molar-refractivity contribution in [1.82, 2.24) is 4.72 Å². The molecule has 0 aromatic heterocycles. The molecule has 0 bridgehead atoms. The van der Waals surface area contributed by atoms with Crippen molar-refractivity contribution in [3.8, 4) is 0 Å². The molecule has 0 atom stereocenters. The van der Waals surface area contributed by atoms with Crippen LogP contribution in [-0.4, -0.2) is 26.0 Å². The average molecular weight is 314 g/mol. The van der Waals surface area contributed by atoms with E-state index < -0.39 is 10.0 Å². The van der Waals surface area contributed by atoms with Crippen molar-refractivity contribution >= 4 is 27.5 Å². The second-order valence-electron chi connectivity index (χ2n) is 5.54. The van der Waals surface area contributed by atoms with Gasteiger partial charge in [0.1, 0.15) is 4.90 Å². The van der Waals surface area contributed by atoms with Crippen LogP contribution in [0, 0.1) is 13.8 Å². The number of rotatable bonds is 5. The van der Waals surface area contributed by atoms with Crippen LogP contribution < -0.4 is 10.5 Å². The molecule has 112 valence electrons. The molecule has 0 saturated heterocycles. The Morgan fingerprint density at radius 1 is 1.30 bits per heavy atom. The molecule has 1 aromatic rings. The van der Waals surface area contributed by atoms with Gasteiger partial charge in [0.15, 0.2) is 0 Å². The van der Waals surface area contributed by atoms with Crippen LogP contribution in [-0.2, 0) is 10.0 Å². The summed E-state index contributed by atoms with van der Waals surface area (Å²) in [4.78, 5) is 0.191. The van der Waals surface area contributed by atoms with Crippen molar-refractivity contribution in [2.75, 3.05) is 18.5 Å². The summed E-state index contributed by atoms with van der Waals surface area (Å²) in [5.41, 5.74) is 8.12. The van der Waals surface area contributed by atoms with Crippen molar-refractivity contribution in [1.29, 1.82) is 0 Å². The summed E-state index contributed by atoms with van der Waals surface area (Å²) >= 11 is 1.75. The van der Waals surface area contributed by atoms with E-state index in [0.29, 0.717) is 12.2 Å². The van der Waals surface area contributed by atoms with Crippen LogP contribution in [0.25, 0.3) is 0 Å². The van der Waals surface area contributed by atoms with E-state index in [1.807, 2.05) is 20.1 Å². The highest BCUT2D eigenvalue weighted by Crippen LogP contribution is 2.42. The molecule has 1 saturated carbocycles. The van der Waals surface area contributed by atoms with Gasteiger partial charge in [0.05, 0.1) is 5.69 Å². The van der Waals surface area contributed by atoms with E-state index in [1.165, 1.54) is 6.42 Å². The third-order valence-corrected chi connectivity index (χ3v) is 7.07. The zero-order valence-electron chi connectivity index (χ0n) is 12.2. The minimum atomic E-state index is -3.54. The van der Waals surface area contributed by atoms with Gasteiger partial charge in [-0.15, -0.1) is 0 Å². The Morgan fingerprint density at radius 3 is 2.40 bits per heavy atom. The maximum atomic E-state index is 12.4. The fraction of sp³-hybridized carbons (Fsp3) is 0.571. The van der Waals surface area contributed by atoms with Crippen molar-refractivity contribution in [3.63, 3.8) is 0 Å². The Bertz CT molecular complexity index is 602. The molecule has 0 radical (unpaired) electrons. The first kappa shape index (κ1) is 15.7. The Morgan fingerprint density at radius 2 is 1.90 bits per heavy atom. The predicted molar refractivity (Wildman–Crippen MR) is 85.6 cm³/mol. The second kappa shape index (κ2) is 5.58. The number of benzene rings is 1. The average Bonchev–Trinajstić information content (AvgIpc) is 2.32. The molecule has 4 nitrogen and oxygen atoms in total. The highest BCUT2D eigenvalue weighted by atomic mass is 32.2. The van der Waals surface area contributed by atoms with Gasteiger partial charge in [-0.25, -0.2) is 13.1 Å². The number of sulfonamides is 1. The number of hydrogen-bond donors (Lipinski definition) is 2. The van der Waals surface area contributed by atoms with E-state index in [4.69, 9.17) is 5.73 Å². The number of hydrogen-bond acceptors (Lipinski definition) is 4. The summed E-state index contributed by atoms with van der Waals surface area (Å²) < 4.78 is 27.6. The quantitative estimate of drug-likeness (QED) is 0.819. The first-order valence-corrected chi connectivity index (χ1v) is 9.42. The van der Waals surface area contributed by atoms with E-state index in [2.05, 4.69) is 4.72 Å². The van der Waals surface area contributed by atoms with Gasteiger partial charge in [-0.1, -0.05) is 6.42 Å². The fourth-order valence-corrected chi connectivity index (χ4v) is 4.70. The molecule has 1 aliphatic carbocycles. The number of nitrogens with one attached hydrogen (secondary N) is 1. The first-order valence-electron chi connectivity index (χ1n) is 6.71. The molecule has 1 fully saturated rings. The number of anilines is 1. The molecule has 3 N–H and O–H groups in total. The van der Waals surface area contributed by atoms with Gasteiger partial charge in [0, 0.05) is 11.3 Å². The molecule has 1 aromatic carbocycles. The van der Waals surface area contributed by atoms with Crippen molar-refractivity contribution < 1.29 is 8.42 Å². The standard InChI is InChI=1S/C14H22N2O2S2/c1-10-7-12(15)13(8-11(10)2)20(17,18)16-9-14(19-3)5-4-6-14/h7-8,16H,4-6,9,15H2,1-3H3. The molecule has 1 aliphatic rings. The Balaban J connectivity index is 2.20. The lowest BCUT2D eigenvalue weighted by Crippen LogP contribution is -2.45. The van der Waals surface area contributed by atoms with Crippen LogP contribution in [0.4, 0.5) is 5.69 Å². The van der Waals surface area contributed by atoms with Gasteiger partial charge in [0.25, 0.3) is 0 Å². The lowest BCUT2D eigenvalue weighted by atomic mass is 9.84. The topological polar surface area (TPSA) is 72.2 Å². The smallest absolute Gasteiger partial charge is 0.242 e. The highest BCUT2D eigenvalue weighted by molar-refractivity contribution is 8.00. The van der Waals surface area contributed by atoms with E-state index in [9.17, 15) is 8.42 Å². The number of nitrogens with two attached hydrogens (primary N) is 1. The molecule has 0 amide bonds. The minimum Gasteiger partial charge on any atom is -0.398 e. The third kappa shape index (κ3) is 2.97. The summed E-state index contributed by atoms with van der Waals surface area (Å²) in [7, 11) is -3.54. The highest BCUT2D eigenvalue weighted by Gasteiger charge is 2.37. The summed E-state index contributed by atoms with van der Waals surface area (Å²) in [5.74, 6) is 0. The van der Waals surface area contributed by atoms with Gasteiger partial charge < -0.3 is 5.73 Å². The summed E-state index contributed by atoms with van der Waals surface area (Å²) in [6, 6.07) is 3.37. The summed E-state index contributed by atoms with van der Waals surface area (Å²) in [6.07, 6.45) is 5.35. The van der Waals surface area contributed by atoms with Gasteiger partial charge in [-0.05, 0) is 56.2 Å². The monoisotopic (exact) mass is 314 g/mol. The van der Waals surface area contributed by atoms with Crippen LogP contribution >= 0.6 is 11.8 Å². The number of nitrogen functional groups attached to an aromatic ring is 1. The predicted octanol–water partition coefficient (Wildman–Crippen LogP) is 2.45. The van der Waals surface area contributed by atoms with Gasteiger partial charge in [0.2, 0.25) is 10.0 Å². The first-order chi connectivity index (χ1) is 9.30. The molecule has 2 rings (SSSR count). The molecule has 0 spiro atoms. The molecule has 20 heavy (non-hydrogen) atoms. The molecule has 0 unspecified atom stereocenters. The normalized spacial score (nSPS) is 17.8. The van der Waals surface area contributed by atoms with Gasteiger partial charge in [-0.3, -0.25) is 0 Å². The molecular formula is C14H22N2O2S2. The lowest BCUT2D eigenvalue weighted by molar-refractivity contribution is 0.362. The second-order valence-corrected chi connectivity index (χ2v) is 8.55. The Hall–Kier alpha value is -0.720. The largest absolute Gasteiger partial charge is 0.398 e. The SMILES string of the molecule is CSC1(CNS(=O)(=O)c2cc(C)c(C)cc2N)CCC1. The number of thioether (sulfide) groups is 1. The Kier molecular flexibility index (Phi) is 4.37. The van der Waals surface area contributed by atoms with Gasteiger partial charge >= 0.3 is 0 Å². The third-order valence-electron chi connectivity index (χ3n) is 4.20. The summed E-state index contributed by atoms with van der Waals surface area (Å²) in [5, 5.41) is 0. The van der Waals surface area contributed by atoms with E-state index in [0.717, 1.165) is 24.0 Å². The fourth-order valence-electron chi connectivity index (χ4n) is 2.37. The molecule has 0 heterocycles. The Labute approximate surface area is 125 Å². The van der Waals surface area contributed by atoms with Crippen LogP contribution in [0.3, 0.4) is 0 Å². The molecular weight excluding hydrogens is 292 g/mol. The van der Waals surface area contributed by atoms with Crippen molar-refractivity contribution in [2.45, 2.75) is 42.8 Å². The van der Waals surface area contributed by atoms with Gasteiger partial charge in [-0.2, -0.15) is 11.8 Å². The zero-order chi connectivity index (χ0) is 15.0. The van der Waals surface area contributed by atoms with E-state index in [1.54, 1.807) is 23.9 Å². The zero-order valence-corrected chi connectivity index (χ0v) is 13.8. The maximum Gasteiger partial charge on any atom is 0.242 e. The van der Waals surface area contributed by atoms with Crippen LogP contribution in [0.5, 0.6) is 0 Å². The summed E-state index contributed by atoms with van der Waals surface area (Å²) in [6.45, 7) is 4.29. The lowest BCUT2D eigenvalue weighted by Gasteiger charge is -2.40. The van der Waals surface area contributed by atoms with Crippen molar-refractivity contribution in [2.24, 2.45) is 0 Å². The van der Waals surface area contributed by atoms with Crippen molar-refractivity contribution in [3.05, 3.63) is 23.3 Å².